The van der Waals surface area contributed by atoms with Crippen molar-refractivity contribution in [2.45, 2.75) is 13.5 Å². The minimum Gasteiger partial charge on any atom is -0.480 e. The summed E-state index contributed by atoms with van der Waals surface area (Å²) in [6, 6.07) is 5.48. The van der Waals surface area contributed by atoms with Crippen molar-refractivity contribution in [3.05, 3.63) is 28.2 Å². The number of nitrogens with zero attached hydrogens (tertiary/aromatic N) is 1. The summed E-state index contributed by atoms with van der Waals surface area (Å²) in [6.07, 6.45) is 0. The summed E-state index contributed by atoms with van der Waals surface area (Å²) in [5, 5.41) is 11.4. The summed E-state index contributed by atoms with van der Waals surface area (Å²) in [7, 11) is 1.71. The van der Waals surface area contributed by atoms with Gasteiger partial charge in [-0.05, 0) is 30.8 Å². The Kier molecular flexibility index (Phi) is 5.30. The molecule has 0 heterocycles. The van der Waals surface area contributed by atoms with E-state index in [4.69, 9.17) is 5.11 Å². The molecule has 2 N–H and O–H groups in total. The van der Waals surface area contributed by atoms with Crippen LogP contribution in [0, 0.1) is 0 Å². The summed E-state index contributed by atoms with van der Waals surface area (Å²) in [4.78, 5) is 23.4. The van der Waals surface area contributed by atoms with Gasteiger partial charge in [0, 0.05) is 23.6 Å². The van der Waals surface area contributed by atoms with Gasteiger partial charge in [0.25, 0.3) is 0 Å². The van der Waals surface area contributed by atoms with Gasteiger partial charge >= 0.3 is 5.97 Å². The van der Waals surface area contributed by atoms with Gasteiger partial charge < -0.3 is 10.4 Å². The quantitative estimate of drug-likeness (QED) is 0.871. The van der Waals surface area contributed by atoms with Crippen LogP contribution in [-0.4, -0.2) is 35.5 Å². The minimum atomic E-state index is -0.881. The van der Waals surface area contributed by atoms with Gasteiger partial charge in [-0.3, -0.25) is 14.5 Å². The van der Waals surface area contributed by atoms with Crippen molar-refractivity contribution >= 4 is 33.5 Å². The van der Waals surface area contributed by atoms with Crippen molar-refractivity contribution in [2.24, 2.45) is 0 Å². The molecule has 18 heavy (non-hydrogen) atoms. The molecular weight excluding hydrogens is 300 g/mol. The van der Waals surface area contributed by atoms with Crippen LogP contribution in [0.4, 0.5) is 5.69 Å². The monoisotopic (exact) mass is 314 g/mol. The van der Waals surface area contributed by atoms with Crippen LogP contribution in [0.5, 0.6) is 0 Å². The molecule has 0 aliphatic carbocycles. The van der Waals surface area contributed by atoms with Gasteiger partial charge in [-0.15, -0.1) is 0 Å². The van der Waals surface area contributed by atoms with Crippen LogP contribution in [0.1, 0.15) is 12.5 Å². The first-order chi connectivity index (χ1) is 8.38. The fourth-order valence-corrected chi connectivity index (χ4v) is 1.99. The zero-order valence-electron chi connectivity index (χ0n) is 10.2. The number of hydrogen-bond acceptors (Lipinski definition) is 3. The van der Waals surface area contributed by atoms with Gasteiger partial charge in [-0.2, -0.15) is 0 Å². The van der Waals surface area contributed by atoms with Crippen LogP contribution >= 0.6 is 15.9 Å². The Labute approximate surface area is 114 Å². The third kappa shape index (κ3) is 4.85. The number of amides is 1. The third-order valence-electron chi connectivity index (χ3n) is 2.22. The van der Waals surface area contributed by atoms with Gasteiger partial charge in [-0.25, -0.2) is 0 Å². The molecule has 0 unspecified atom stereocenters. The maximum Gasteiger partial charge on any atom is 0.317 e. The van der Waals surface area contributed by atoms with Crippen molar-refractivity contribution in [1.82, 2.24) is 4.90 Å². The summed E-state index contributed by atoms with van der Waals surface area (Å²) >= 11 is 3.36. The Morgan fingerprint density at radius 2 is 2.11 bits per heavy atom. The molecule has 0 fully saturated rings. The van der Waals surface area contributed by atoms with Crippen LogP contribution in [0.15, 0.2) is 22.7 Å². The predicted molar refractivity (Wildman–Crippen MR) is 72.4 cm³/mol. The predicted octanol–water partition coefficient (Wildman–Crippen LogP) is 1.92. The second-order valence-corrected chi connectivity index (χ2v) is 4.96. The van der Waals surface area contributed by atoms with E-state index >= 15 is 0 Å². The zero-order valence-corrected chi connectivity index (χ0v) is 11.8. The number of carboxylic acid groups (broad SMARTS) is 1. The van der Waals surface area contributed by atoms with E-state index in [-0.39, 0.29) is 12.5 Å². The number of aliphatic carboxylic acids is 1. The van der Waals surface area contributed by atoms with Crippen molar-refractivity contribution in [2.75, 3.05) is 18.9 Å². The molecule has 1 aromatic carbocycles. The summed E-state index contributed by atoms with van der Waals surface area (Å²) in [6.45, 7) is 1.83. The highest BCUT2D eigenvalue weighted by Gasteiger charge is 2.10. The first kappa shape index (κ1) is 14.7. The van der Waals surface area contributed by atoms with Crippen molar-refractivity contribution < 1.29 is 14.7 Å². The summed E-state index contributed by atoms with van der Waals surface area (Å²) < 4.78 is 0.885. The SMILES string of the molecule is CC(=O)Nc1ccc(Br)cc1CN(C)CC(=O)O. The third-order valence-corrected chi connectivity index (χ3v) is 2.72. The molecule has 0 radical (unpaired) electrons. The van der Waals surface area contributed by atoms with E-state index in [2.05, 4.69) is 21.2 Å². The van der Waals surface area contributed by atoms with Gasteiger partial charge in [0.15, 0.2) is 0 Å². The average molecular weight is 315 g/mol. The van der Waals surface area contributed by atoms with Crippen molar-refractivity contribution in [1.29, 1.82) is 0 Å². The van der Waals surface area contributed by atoms with Gasteiger partial charge in [0.1, 0.15) is 0 Å². The first-order valence-corrected chi connectivity index (χ1v) is 6.14. The highest BCUT2D eigenvalue weighted by atomic mass is 79.9. The lowest BCUT2D eigenvalue weighted by Crippen LogP contribution is -2.25. The highest BCUT2D eigenvalue weighted by Crippen LogP contribution is 2.22. The lowest BCUT2D eigenvalue weighted by atomic mass is 10.1. The molecule has 0 spiro atoms. The number of anilines is 1. The van der Waals surface area contributed by atoms with E-state index in [9.17, 15) is 9.59 Å². The van der Waals surface area contributed by atoms with Crippen LogP contribution in [0.2, 0.25) is 0 Å². The molecule has 0 aliphatic heterocycles. The molecule has 5 nitrogen and oxygen atoms in total. The Hall–Kier alpha value is -1.40. The average Bonchev–Trinajstić information content (AvgIpc) is 2.20. The van der Waals surface area contributed by atoms with E-state index in [1.165, 1.54) is 6.92 Å². The Bertz CT molecular complexity index is 463. The molecule has 6 heteroatoms. The first-order valence-electron chi connectivity index (χ1n) is 5.35. The van der Waals surface area contributed by atoms with E-state index in [1.807, 2.05) is 12.1 Å². The molecule has 1 aromatic rings. The van der Waals surface area contributed by atoms with Crippen LogP contribution in [-0.2, 0) is 16.1 Å². The molecule has 1 rings (SSSR count). The molecule has 0 atom stereocenters. The molecule has 0 saturated carbocycles. The molecule has 0 aromatic heterocycles. The number of nitrogens with one attached hydrogen (secondary N) is 1. The highest BCUT2D eigenvalue weighted by molar-refractivity contribution is 9.10. The van der Waals surface area contributed by atoms with Crippen molar-refractivity contribution in [3.63, 3.8) is 0 Å². The number of carbonyl (C=O) groups excluding carboxylic acids is 1. The number of benzene rings is 1. The lowest BCUT2D eigenvalue weighted by molar-refractivity contribution is -0.138. The number of halogens is 1. The number of hydrogen-bond donors (Lipinski definition) is 2. The fourth-order valence-electron chi connectivity index (χ4n) is 1.58. The second kappa shape index (κ2) is 6.51. The Balaban J connectivity index is 2.87. The molecule has 0 saturated heterocycles. The standard InChI is InChI=1S/C12H15BrN2O3/c1-8(16)14-11-4-3-10(13)5-9(11)6-15(2)7-12(17)18/h3-5H,6-7H2,1-2H3,(H,14,16)(H,17,18). The summed E-state index contributed by atoms with van der Waals surface area (Å²) in [5.41, 5.74) is 1.56. The molecule has 98 valence electrons. The largest absolute Gasteiger partial charge is 0.480 e. The normalized spacial score (nSPS) is 10.4. The second-order valence-electron chi connectivity index (χ2n) is 4.05. The van der Waals surface area contributed by atoms with Crippen LogP contribution < -0.4 is 5.32 Å². The van der Waals surface area contributed by atoms with Crippen LogP contribution in [0.25, 0.3) is 0 Å². The van der Waals surface area contributed by atoms with Gasteiger partial charge in [0.05, 0.1) is 6.54 Å². The number of likely N-dealkylation sites (N-methyl/N-ethyl adjacent to an activating group) is 1. The molecule has 1 amide bonds. The Morgan fingerprint density at radius 1 is 1.44 bits per heavy atom. The minimum absolute atomic E-state index is 0.0496. The van der Waals surface area contributed by atoms with Crippen molar-refractivity contribution in [3.8, 4) is 0 Å². The number of rotatable bonds is 5. The van der Waals surface area contributed by atoms with E-state index < -0.39 is 5.97 Å². The molecule has 0 aliphatic rings. The molecular formula is C12H15BrN2O3. The van der Waals surface area contributed by atoms with Gasteiger partial charge in [-0.1, -0.05) is 15.9 Å². The number of carboxylic acids is 1. The molecule has 0 bridgehead atoms. The smallest absolute Gasteiger partial charge is 0.317 e. The maximum atomic E-state index is 11.1. The van der Waals surface area contributed by atoms with Crippen LogP contribution in [0.3, 0.4) is 0 Å². The van der Waals surface area contributed by atoms with E-state index in [0.717, 1.165) is 10.0 Å². The van der Waals surface area contributed by atoms with E-state index in [0.29, 0.717) is 12.2 Å². The number of carbonyl (C=O) groups is 2. The fraction of sp³-hybridized carbons (Fsp3) is 0.333. The Morgan fingerprint density at radius 3 is 2.67 bits per heavy atom. The van der Waals surface area contributed by atoms with Gasteiger partial charge in [0.2, 0.25) is 5.91 Å². The van der Waals surface area contributed by atoms with E-state index in [1.54, 1.807) is 18.0 Å². The lowest BCUT2D eigenvalue weighted by Gasteiger charge is -2.17. The zero-order chi connectivity index (χ0) is 13.7. The maximum absolute atomic E-state index is 11.1. The topological polar surface area (TPSA) is 69.6 Å². The summed E-state index contributed by atoms with van der Waals surface area (Å²) in [5.74, 6) is -1.03.